The number of anilines is 1. The number of carbonyl (C=O) groups excluding carboxylic acids is 1. The minimum absolute atomic E-state index is 0.0516. The molecule has 1 aliphatic rings. The van der Waals surface area contributed by atoms with Crippen molar-refractivity contribution in [2.75, 3.05) is 11.1 Å². The van der Waals surface area contributed by atoms with Crippen molar-refractivity contribution in [1.29, 1.82) is 0 Å². The van der Waals surface area contributed by atoms with Crippen LogP contribution in [0.5, 0.6) is 0 Å². The van der Waals surface area contributed by atoms with Crippen molar-refractivity contribution in [3.05, 3.63) is 86.3 Å². The van der Waals surface area contributed by atoms with Crippen molar-refractivity contribution in [3.8, 4) is 5.69 Å². The summed E-state index contributed by atoms with van der Waals surface area (Å²) in [7, 11) is 0. The molecule has 2 aromatic carbocycles. The average Bonchev–Trinajstić information content (AvgIpc) is 2.82. The van der Waals surface area contributed by atoms with E-state index in [9.17, 15) is 9.59 Å². The van der Waals surface area contributed by atoms with E-state index in [0.29, 0.717) is 37.6 Å². The summed E-state index contributed by atoms with van der Waals surface area (Å²) in [6.07, 6.45) is 3.96. The van der Waals surface area contributed by atoms with E-state index in [1.54, 1.807) is 48.5 Å². The van der Waals surface area contributed by atoms with Crippen LogP contribution < -0.4 is 10.9 Å². The third-order valence-corrected chi connectivity index (χ3v) is 7.02. The second-order valence-corrected chi connectivity index (χ2v) is 9.85. The SMILES string of the molecule is O=C(CSc1nc2nc3c(cc2c(=O)n1-c1cccc(Cl)c1)CCCC3)Nc1cccc(Cl)c1. The molecule has 0 radical (unpaired) electrons. The van der Waals surface area contributed by atoms with Gasteiger partial charge in [0.15, 0.2) is 10.8 Å². The number of halogens is 2. The Morgan fingerprint density at radius 2 is 1.76 bits per heavy atom. The van der Waals surface area contributed by atoms with Gasteiger partial charge in [0, 0.05) is 21.4 Å². The van der Waals surface area contributed by atoms with Gasteiger partial charge in [-0.25, -0.2) is 9.97 Å². The first-order valence-corrected chi connectivity index (χ1v) is 12.6. The monoisotopic (exact) mass is 510 g/mol. The lowest BCUT2D eigenvalue weighted by Gasteiger charge is -2.17. The van der Waals surface area contributed by atoms with E-state index in [-0.39, 0.29) is 17.2 Å². The Labute approximate surface area is 210 Å². The van der Waals surface area contributed by atoms with Gasteiger partial charge >= 0.3 is 0 Å². The van der Waals surface area contributed by atoms with Crippen LogP contribution in [0, 0.1) is 0 Å². The number of pyridine rings is 1. The van der Waals surface area contributed by atoms with Crippen LogP contribution in [0.25, 0.3) is 16.7 Å². The Bertz CT molecular complexity index is 1470. The molecule has 2 heterocycles. The number of thioether (sulfide) groups is 1. The fourth-order valence-electron chi connectivity index (χ4n) is 4.05. The zero-order chi connectivity index (χ0) is 23.7. The first kappa shape index (κ1) is 22.9. The summed E-state index contributed by atoms with van der Waals surface area (Å²) < 4.78 is 1.50. The van der Waals surface area contributed by atoms with Crippen LogP contribution in [-0.2, 0) is 17.6 Å². The zero-order valence-electron chi connectivity index (χ0n) is 18.1. The summed E-state index contributed by atoms with van der Waals surface area (Å²) in [5, 5.41) is 4.70. The van der Waals surface area contributed by atoms with Gasteiger partial charge in [-0.05, 0) is 73.7 Å². The maximum atomic E-state index is 13.6. The third-order valence-electron chi connectivity index (χ3n) is 5.61. The van der Waals surface area contributed by atoms with E-state index in [0.717, 1.165) is 36.9 Å². The first-order chi connectivity index (χ1) is 16.5. The summed E-state index contributed by atoms with van der Waals surface area (Å²) in [5.41, 5.74) is 3.47. The molecule has 1 amide bonds. The molecular weight excluding hydrogens is 491 g/mol. The second-order valence-electron chi connectivity index (χ2n) is 8.03. The Morgan fingerprint density at radius 1 is 1.00 bits per heavy atom. The number of hydrogen-bond donors (Lipinski definition) is 1. The number of aryl methyl sites for hydroxylation is 2. The van der Waals surface area contributed by atoms with Crippen LogP contribution in [-0.4, -0.2) is 26.2 Å². The summed E-state index contributed by atoms with van der Waals surface area (Å²) in [6, 6.07) is 15.9. The smallest absolute Gasteiger partial charge is 0.268 e. The van der Waals surface area contributed by atoms with Crippen molar-refractivity contribution in [1.82, 2.24) is 14.5 Å². The van der Waals surface area contributed by atoms with Crippen LogP contribution >= 0.6 is 35.0 Å². The number of rotatable bonds is 5. The van der Waals surface area contributed by atoms with Gasteiger partial charge in [-0.1, -0.05) is 47.1 Å². The lowest BCUT2D eigenvalue weighted by Crippen LogP contribution is -2.24. The van der Waals surface area contributed by atoms with Crippen molar-refractivity contribution in [2.24, 2.45) is 0 Å². The maximum absolute atomic E-state index is 13.6. The molecule has 0 bridgehead atoms. The summed E-state index contributed by atoms with van der Waals surface area (Å²) in [5.74, 6) is -0.187. The molecule has 0 atom stereocenters. The Kier molecular flexibility index (Phi) is 6.59. The molecule has 0 spiro atoms. The number of hydrogen-bond acceptors (Lipinski definition) is 5. The van der Waals surface area contributed by atoms with Crippen molar-refractivity contribution in [2.45, 2.75) is 30.8 Å². The molecule has 1 aliphatic carbocycles. The number of aromatic nitrogens is 3. The van der Waals surface area contributed by atoms with Gasteiger partial charge in [-0.3, -0.25) is 14.2 Å². The van der Waals surface area contributed by atoms with E-state index in [1.807, 2.05) is 6.07 Å². The highest BCUT2D eigenvalue weighted by Gasteiger charge is 2.19. The molecule has 0 fully saturated rings. The van der Waals surface area contributed by atoms with Gasteiger partial charge in [0.1, 0.15) is 0 Å². The average molecular weight is 511 g/mol. The molecule has 172 valence electrons. The fraction of sp³-hybridized carbons (Fsp3) is 0.200. The highest BCUT2D eigenvalue weighted by molar-refractivity contribution is 7.99. The molecule has 0 aliphatic heterocycles. The second kappa shape index (κ2) is 9.78. The molecule has 5 rings (SSSR count). The highest BCUT2D eigenvalue weighted by atomic mass is 35.5. The molecule has 9 heteroatoms. The van der Waals surface area contributed by atoms with Crippen LogP contribution in [0.3, 0.4) is 0 Å². The van der Waals surface area contributed by atoms with Crippen LogP contribution in [0.1, 0.15) is 24.1 Å². The topological polar surface area (TPSA) is 76.9 Å². The molecule has 34 heavy (non-hydrogen) atoms. The van der Waals surface area contributed by atoms with E-state index >= 15 is 0 Å². The molecule has 4 aromatic rings. The number of nitrogens with one attached hydrogen (secondary N) is 1. The summed E-state index contributed by atoms with van der Waals surface area (Å²) in [4.78, 5) is 35.7. The van der Waals surface area contributed by atoms with Gasteiger partial charge in [0.05, 0.1) is 16.8 Å². The Hall–Kier alpha value is -2.87. The van der Waals surface area contributed by atoms with Gasteiger partial charge in [0.25, 0.3) is 5.56 Å². The first-order valence-electron chi connectivity index (χ1n) is 10.9. The lowest BCUT2D eigenvalue weighted by molar-refractivity contribution is -0.113. The minimum atomic E-state index is -0.238. The highest BCUT2D eigenvalue weighted by Crippen LogP contribution is 2.26. The minimum Gasteiger partial charge on any atom is -0.325 e. The number of nitrogens with zero attached hydrogens (tertiary/aromatic N) is 3. The van der Waals surface area contributed by atoms with Gasteiger partial charge in [-0.15, -0.1) is 0 Å². The van der Waals surface area contributed by atoms with Gasteiger partial charge in [0.2, 0.25) is 5.91 Å². The van der Waals surface area contributed by atoms with Crippen LogP contribution in [0.4, 0.5) is 5.69 Å². The van der Waals surface area contributed by atoms with Crippen molar-refractivity contribution in [3.63, 3.8) is 0 Å². The molecule has 6 nitrogen and oxygen atoms in total. The molecular formula is C25H20Cl2N4O2S. The standard InChI is InChI=1S/C25H20Cl2N4O2S/c26-16-6-3-8-18(12-16)28-22(32)14-34-25-30-23-20(11-15-5-1-2-10-21(15)29-23)24(33)31(25)19-9-4-7-17(27)13-19/h3-4,6-9,11-13H,1-2,5,10,14H2,(H,28,32). The number of benzene rings is 2. The maximum Gasteiger partial charge on any atom is 0.268 e. The Balaban J connectivity index is 1.54. The normalized spacial score (nSPS) is 13.0. The lowest BCUT2D eigenvalue weighted by atomic mass is 9.95. The predicted molar refractivity (Wildman–Crippen MR) is 138 cm³/mol. The number of carbonyl (C=O) groups is 1. The summed E-state index contributed by atoms with van der Waals surface area (Å²) >= 11 is 13.4. The van der Waals surface area contributed by atoms with E-state index in [4.69, 9.17) is 33.2 Å². The predicted octanol–water partition coefficient (Wildman–Crippen LogP) is 5.70. The van der Waals surface area contributed by atoms with Crippen LogP contribution in [0.15, 0.2) is 64.5 Å². The largest absolute Gasteiger partial charge is 0.325 e. The van der Waals surface area contributed by atoms with Gasteiger partial charge < -0.3 is 5.32 Å². The zero-order valence-corrected chi connectivity index (χ0v) is 20.4. The van der Waals surface area contributed by atoms with E-state index in [2.05, 4.69) is 5.32 Å². The van der Waals surface area contributed by atoms with Crippen molar-refractivity contribution >= 4 is 57.6 Å². The van der Waals surface area contributed by atoms with E-state index < -0.39 is 0 Å². The molecule has 0 saturated heterocycles. The fourth-order valence-corrected chi connectivity index (χ4v) is 5.22. The quantitative estimate of drug-likeness (QED) is 0.275. The number of amides is 1. The van der Waals surface area contributed by atoms with Crippen molar-refractivity contribution < 1.29 is 4.79 Å². The number of fused-ring (bicyclic) bond motifs is 2. The molecule has 1 N–H and O–H groups in total. The molecule has 0 unspecified atom stereocenters. The molecule has 0 saturated carbocycles. The van der Waals surface area contributed by atoms with Crippen LogP contribution in [0.2, 0.25) is 10.0 Å². The Morgan fingerprint density at radius 3 is 2.56 bits per heavy atom. The van der Waals surface area contributed by atoms with Gasteiger partial charge in [-0.2, -0.15) is 0 Å². The molecule has 2 aromatic heterocycles. The summed E-state index contributed by atoms with van der Waals surface area (Å²) in [6.45, 7) is 0. The van der Waals surface area contributed by atoms with E-state index in [1.165, 1.54) is 16.3 Å². The third kappa shape index (κ3) is 4.82.